The summed E-state index contributed by atoms with van der Waals surface area (Å²) < 4.78 is 6.98. The van der Waals surface area contributed by atoms with Crippen molar-refractivity contribution in [2.75, 3.05) is 23.9 Å². The highest BCUT2D eigenvalue weighted by Gasteiger charge is 2.44. The summed E-state index contributed by atoms with van der Waals surface area (Å²) in [6.45, 7) is 2.12. The van der Waals surface area contributed by atoms with Crippen molar-refractivity contribution in [3.8, 4) is 0 Å². The van der Waals surface area contributed by atoms with E-state index in [1.807, 2.05) is 6.92 Å². The molecule has 1 saturated heterocycles. The van der Waals surface area contributed by atoms with Gasteiger partial charge >= 0.3 is 0 Å². The van der Waals surface area contributed by atoms with E-state index < -0.39 is 31.1 Å². The van der Waals surface area contributed by atoms with Gasteiger partial charge in [-0.15, -0.1) is 0 Å². The molecule has 1 aliphatic heterocycles. The third kappa shape index (κ3) is 2.58. The van der Waals surface area contributed by atoms with Gasteiger partial charge in [0.15, 0.2) is 23.2 Å². The van der Waals surface area contributed by atoms with E-state index in [-0.39, 0.29) is 5.95 Å². The van der Waals surface area contributed by atoms with E-state index in [2.05, 4.69) is 25.7 Å². The van der Waals surface area contributed by atoms with Gasteiger partial charge in [0.05, 0.1) is 12.9 Å². The van der Waals surface area contributed by atoms with Gasteiger partial charge in [-0.3, -0.25) is 9.99 Å². The van der Waals surface area contributed by atoms with Gasteiger partial charge in [0, 0.05) is 6.54 Å². The number of ether oxygens (including phenoxy) is 1. The summed E-state index contributed by atoms with van der Waals surface area (Å²) in [5.41, 5.74) is 3.22. The predicted molar refractivity (Wildman–Crippen MR) is 80.3 cm³/mol. The summed E-state index contributed by atoms with van der Waals surface area (Å²) in [6.07, 6.45) is -2.81. The molecule has 4 atom stereocenters. The van der Waals surface area contributed by atoms with Crippen LogP contribution in [-0.4, -0.2) is 66.3 Å². The summed E-state index contributed by atoms with van der Waals surface area (Å²) in [4.78, 5) is 12.7. The van der Waals surface area contributed by atoms with E-state index in [4.69, 9.17) is 10.6 Å². The Kier molecular flexibility index (Phi) is 4.28. The van der Waals surface area contributed by atoms with Crippen molar-refractivity contribution in [2.24, 2.45) is 5.84 Å². The highest BCUT2D eigenvalue weighted by molar-refractivity contribution is 5.84. The SMILES string of the molecule is CCNc1nc(NN)nc2c1ncn2[C@@H]1O[C@H](CO)[C@@H](O)[C@H]1O. The van der Waals surface area contributed by atoms with Gasteiger partial charge in [0.2, 0.25) is 5.95 Å². The molecular weight excluding hydrogens is 306 g/mol. The molecule has 3 rings (SSSR count). The minimum atomic E-state index is -1.23. The summed E-state index contributed by atoms with van der Waals surface area (Å²) >= 11 is 0. The fourth-order valence-corrected chi connectivity index (χ4v) is 2.57. The molecule has 0 bridgehead atoms. The Hall–Kier alpha value is -2.05. The Balaban J connectivity index is 2.07. The Morgan fingerprint density at radius 2 is 2.13 bits per heavy atom. The smallest absolute Gasteiger partial charge is 0.241 e. The number of hydrogen-bond acceptors (Lipinski definition) is 10. The second-order valence-corrected chi connectivity index (χ2v) is 5.12. The molecule has 0 amide bonds. The fraction of sp³-hybridized carbons (Fsp3) is 0.583. The zero-order valence-electron chi connectivity index (χ0n) is 12.4. The number of nitrogens with two attached hydrogens (primary N) is 1. The third-order valence-corrected chi connectivity index (χ3v) is 3.69. The molecule has 23 heavy (non-hydrogen) atoms. The van der Waals surface area contributed by atoms with Crippen LogP contribution in [0.4, 0.5) is 11.8 Å². The predicted octanol–water partition coefficient (Wildman–Crippen LogP) is -1.84. The van der Waals surface area contributed by atoms with Gasteiger partial charge in [-0.25, -0.2) is 10.8 Å². The lowest BCUT2D eigenvalue weighted by Gasteiger charge is -2.17. The number of aromatic nitrogens is 4. The van der Waals surface area contributed by atoms with E-state index in [1.54, 1.807) is 0 Å². The van der Waals surface area contributed by atoms with Gasteiger partial charge in [-0.05, 0) is 6.92 Å². The topological polar surface area (TPSA) is 164 Å². The van der Waals surface area contributed by atoms with Crippen molar-refractivity contribution < 1.29 is 20.1 Å². The number of imidazole rings is 1. The number of anilines is 2. The minimum absolute atomic E-state index is 0.168. The van der Waals surface area contributed by atoms with E-state index >= 15 is 0 Å². The Bertz CT molecular complexity index is 693. The average Bonchev–Trinajstić information content (AvgIpc) is 3.10. The molecule has 11 nitrogen and oxygen atoms in total. The van der Waals surface area contributed by atoms with Crippen molar-refractivity contribution in [1.29, 1.82) is 0 Å². The van der Waals surface area contributed by atoms with E-state index in [1.165, 1.54) is 10.9 Å². The molecule has 7 N–H and O–H groups in total. The van der Waals surface area contributed by atoms with Gasteiger partial charge < -0.3 is 25.4 Å². The van der Waals surface area contributed by atoms with Crippen LogP contribution in [0.1, 0.15) is 13.2 Å². The van der Waals surface area contributed by atoms with Crippen LogP contribution in [0.2, 0.25) is 0 Å². The molecule has 1 aliphatic rings. The monoisotopic (exact) mass is 325 g/mol. The molecule has 2 aromatic rings. The lowest BCUT2D eigenvalue weighted by atomic mass is 10.1. The largest absolute Gasteiger partial charge is 0.394 e. The number of hydrogen-bond donors (Lipinski definition) is 6. The van der Waals surface area contributed by atoms with Crippen LogP contribution < -0.4 is 16.6 Å². The first-order chi connectivity index (χ1) is 11.1. The molecule has 0 aliphatic carbocycles. The zero-order chi connectivity index (χ0) is 16.6. The zero-order valence-corrected chi connectivity index (χ0v) is 12.4. The Morgan fingerprint density at radius 3 is 2.74 bits per heavy atom. The van der Waals surface area contributed by atoms with E-state index in [9.17, 15) is 15.3 Å². The second-order valence-electron chi connectivity index (χ2n) is 5.12. The second kappa shape index (κ2) is 6.22. The summed E-state index contributed by atoms with van der Waals surface area (Å²) in [5, 5.41) is 32.3. The summed E-state index contributed by atoms with van der Waals surface area (Å²) in [6, 6.07) is 0. The standard InChI is InChI=1S/C12H19N7O4/c1-2-14-9-6-10(17-12(16-9)18-13)19(4-15-6)11-8(22)7(21)5(3-20)23-11/h4-5,7-8,11,20-22H,2-3,13H2,1H3,(H2,14,16,17,18)/t5-,7-,8-,11-/m1/s1. The molecule has 0 radical (unpaired) electrons. The molecule has 2 aromatic heterocycles. The maximum atomic E-state index is 10.2. The number of fused-ring (bicyclic) bond motifs is 1. The first-order valence-electron chi connectivity index (χ1n) is 7.18. The van der Waals surface area contributed by atoms with Crippen LogP contribution in [0, 0.1) is 0 Å². The molecule has 126 valence electrons. The Labute approximate surface area is 131 Å². The molecule has 0 aromatic carbocycles. The van der Waals surface area contributed by atoms with E-state index in [0.29, 0.717) is 23.5 Å². The minimum Gasteiger partial charge on any atom is -0.394 e. The molecule has 0 spiro atoms. The highest BCUT2D eigenvalue weighted by Crippen LogP contribution is 2.32. The third-order valence-electron chi connectivity index (χ3n) is 3.69. The number of nitrogen functional groups attached to an aromatic ring is 1. The van der Waals surface area contributed by atoms with Gasteiger partial charge in [0.25, 0.3) is 0 Å². The molecule has 3 heterocycles. The van der Waals surface area contributed by atoms with Crippen LogP contribution in [0.3, 0.4) is 0 Å². The normalized spacial score (nSPS) is 27.5. The number of aliphatic hydroxyl groups excluding tert-OH is 3. The summed E-state index contributed by atoms with van der Waals surface area (Å²) in [5.74, 6) is 6.04. The van der Waals surface area contributed by atoms with Crippen LogP contribution in [0.5, 0.6) is 0 Å². The fourth-order valence-electron chi connectivity index (χ4n) is 2.57. The van der Waals surface area contributed by atoms with Crippen molar-refractivity contribution in [3.63, 3.8) is 0 Å². The van der Waals surface area contributed by atoms with Crippen LogP contribution in [0.15, 0.2) is 6.33 Å². The van der Waals surface area contributed by atoms with Gasteiger partial charge in [-0.2, -0.15) is 9.97 Å². The number of nitrogens with zero attached hydrogens (tertiary/aromatic N) is 4. The molecule has 0 saturated carbocycles. The summed E-state index contributed by atoms with van der Waals surface area (Å²) in [7, 11) is 0. The number of aliphatic hydroxyl groups is 3. The van der Waals surface area contributed by atoms with Crippen molar-refractivity contribution in [1.82, 2.24) is 19.5 Å². The lowest BCUT2D eigenvalue weighted by Crippen LogP contribution is -2.33. The van der Waals surface area contributed by atoms with Gasteiger partial charge in [0.1, 0.15) is 18.3 Å². The number of nitrogens with one attached hydrogen (secondary N) is 2. The quantitative estimate of drug-likeness (QED) is 0.272. The van der Waals surface area contributed by atoms with Crippen molar-refractivity contribution in [3.05, 3.63) is 6.33 Å². The molecule has 11 heteroatoms. The van der Waals surface area contributed by atoms with Crippen molar-refractivity contribution in [2.45, 2.75) is 31.5 Å². The molecule has 1 fully saturated rings. The number of hydrazine groups is 1. The van der Waals surface area contributed by atoms with Crippen molar-refractivity contribution >= 4 is 22.9 Å². The van der Waals surface area contributed by atoms with Crippen LogP contribution >= 0.6 is 0 Å². The average molecular weight is 325 g/mol. The Morgan fingerprint density at radius 1 is 1.35 bits per heavy atom. The molecule has 0 unspecified atom stereocenters. The first-order valence-corrected chi connectivity index (χ1v) is 7.18. The van der Waals surface area contributed by atoms with Gasteiger partial charge in [-0.1, -0.05) is 0 Å². The lowest BCUT2D eigenvalue weighted by molar-refractivity contribution is -0.0511. The maximum absolute atomic E-state index is 10.2. The molecular formula is C12H19N7O4. The van der Waals surface area contributed by atoms with E-state index in [0.717, 1.165) is 0 Å². The number of rotatable bonds is 5. The van der Waals surface area contributed by atoms with Crippen LogP contribution in [0.25, 0.3) is 11.2 Å². The van der Waals surface area contributed by atoms with Crippen LogP contribution in [-0.2, 0) is 4.74 Å². The maximum Gasteiger partial charge on any atom is 0.241 e. The highest BCUT2D eigenvalue weighted by atomic mass is 16.6. The first kappa shape index (κ1) is 15.8.